The maximum atomic E-state index is 12.2. The van der Waals surface area contributed by atoms with Crippen molar-refractivity contribution in [3.8, 4) is 0 Å². The molecule has 0 radical (unpaired) electrons. The van der Waals surface area contributed by atoms with Crippen LogP contribution in [0.2, 0.25) is 0 Å². The summed E-state index contributed by atoms with van der Waals surface area (Å²) in [5.41, 5.74) is 1.67. The standard InChI is InChI=1S/C20H21N3O5S/c1-5-28-19(27)17-12(3)21-20(29-17)23-16(25)10-11(2)18(26)22-15-8-6-14(7-9-15)13(4)24/h6-10H,5H2,1-4H3,(H,22,26)(H,21,23,25)/b11-10-. The zero-order valence-electron chi connectivity index (χ0n) is 16.5. The number of amides is 2. The Labute approximate surface area is 172 Å². The van der Waals surface area contributed by atoms with E-state index < -0.39 is 17.8 Å². The summed E-state index contributed by atoms with van der Waals surface area (Å²) in [6.45, 7) is 6.54. The van der Waals surface area contributed by atoms with E-state index in [0.29, 0.717) is 21.8 Å². The second-order valence-electron chi connectivity index (χ2n) is 6.06. The fourth-order valence-corrected chi connectivity index (χ4v) is 3.12. The van der Waals surface area contributed by atoms with Crippen LogP contribution in [-0.4, -0.2) is 35.2 Å². The van der Waals surface area contributed by atoms with Gasteiger partial charge in [-0.1, -0.05) is 11.3 Å². The minimum Gasteiger partial charge on any atom is -0.462 e. The van der Waals surface area contributed by atoms with E-state index in [-0.39, 0.29) is 23.1 Å². The number of esters is 1. The Hall–Kier alpha value is -3.33. The number of hydrogen-bond donors (Lipinski definition) is 2. The third-order valence-electron chi connectivity index (χ3n) is 3.74. The van der Waals surface area contributed by atoms with Gasteiger partial charge in [0, 0.05) is 22.9 Å². The number of anilines is 2. The van der Waals surface area contributed by atoms with Crippen LogP contribution >= 0.6 is 11.3 Å². The molecule has 0 bridgehead atoms. The van der Waals surface area contributed by atoms with Crippen LogP contribution in [0, 0.1) is 6.92 Å². The van der Waals surface area contributed by atoms with Crippen molar-refractivity contribution in [3.63, 3.8) is 0 Å². The first-order valence-corrected chi connectivity index (χ1v) is 9.59. The number of ketones is 1. The quantitative estimate of drug-likeness (QED) is 0.407. The number of carbonyl (C=O) groups is 4. The number of Topliss-reactive ketones (excluding diaryl/α,β-unsaturated/α-hetero) is 1. The minimum atomic E-state index is -0.547. The average molecular weight is 415 g/mol. The number of nitrogens with one attached hydrogen (secondary N) is 2. The van der Waals surface area contributed by atoms with E-state index in [1.54, 1.807) is 38.1 Å². The van der Waals surface area contributed by atoms with Crippen LogP contribution in [0.5, 0.6) is 0 Å². The van der Waals surface area contributed by atoms with Crippen LogP contribution in [0.4, 0.5) is 10.8 Å². The molecule has 0 aliphatic rings. The van der Waals surface area contributed by atoms with Crippen molar-refractivity contribution < 1.29 is 23.9 Å². The first kappa shape index (κ1) is 22.0. The number of nitrogens with zero attached hydrogens (tertiary/aromatic N) is 1. The molecule has 0 spiro atoms. The van der Waals surface area contributed by atoms with Gasteiger partial charge in [-0.25, -0.2) is 9.78 Å². The Morgan fingerprint density at radius 1 is 1.10 bits per heavy atom. The van der Waals surface area contributed by atoms with Gasteiger partial charge >= 0.3 is 5.97 Å². The summed E-state index contributed by atoms with van der Waals surface area (Å²) in [7, 11) is 0. The number of hydrogen-bond acceptors (Lipinski definition) is 7. The van der Waals surface area contributed by atoms with Crippen molar-refractivity contribution in [1.82, 2.24) is 4.98 Å². The van der Waals surface area contributed by atoms with Crippen LogP contribution < -0.4 is 10.6 Å². The van der Waals surface area contributed by atoms with Gasteiger partial charge in [0.1, 0.15) is 4.88 Å². The highest BCUT2D eigenvalue weighted by atomic mass is 32.1. The zero-order chi connectivity index (χ0) is 21.6. The van der Waals surface area contributed by atoms with Crippen LogP contribution in [0.1, 0.15) is 46.5 Å². The second kappa shape index (κ2) is 9.74. The van der Waals surface area contributed by atoms with Crippen molar-refractivity contribution >= 4 is 45.7 Å². The lowest BCUT2D eigenvalue weighted by Crippen LogP contribution is -2.16. The normalized spacial score (nSPS) is 11.0. The summed E-state index contributed by atoms with van der Waals surface area (Å²) in [6.07, 6.45) is 1.14. The van der Waals surface area contributed by atoms with E-state index in [0.717, 1.165) is 17.4 Å². The lowest BCUT2D eigenvalue weighted by Gasteiger charge is -2.06. The van der Waals surface area contributed by atoms with Gasteiger partial charge in [0.15, 0.2) is 10.9 Å². The maximum Gasteiger partial charge on any atom is 0.350 e. The Morgan fingerprint density at radius 3 is 2.34 bits per heavy atom. The largest absolute Gasteiger partial charge is 0.462 e. The molecule has 9 heteroatoms. The molecule has 2 N–H and O–H groups in total. The third kappa shape index (κ3) is 6.08. The molecule has 0 unspecified atom stereocenters. The fraction of sp³-hybridized carbons (Fsp3) is 0.250. The Kier molecular flexibility index (Phi) is 7.38. The highest BCUT2D eigenvalue weighted by Crippen LogP contribution is 2.23. The summed E-state index contributed by atoms with van der Waals surface area (Å²) in [4.78, 5) is 51.9. The molecule has 0 aliphatic heterocycles. The van der Waals surface area contributed by atoms with Crippen LogP contribution in [-0.2, 0) is 14.3 Å². The Balaban J connectivity index is 2.00. The van der Waals surface area contributed by atoms with Gasteiger partial charge in [-0.3, -0.25) is 19.7 Å². The molecule has 2 rings (SSSR count). The lowest BCUT2D eigenvalue weighted by molar-refractivity contribution is -0.114. The number of benzene rings is 1. The molecule has 8 nitrogen and oxygen atoms in total. The molecule has 2 amide bonds. The minimum absolute atomic E-state index is 0.0702. The molecule has 1 heterocycles. The molecule has 1 aromatic carbocycles. The summed E-state index contributed by atoms with van der Waals surface area (Å²) < 4.78 is 4.94. The van der Waals surface area contributed by atoms with Crippen LogP contribution in [0.3, 0.4) is 0 Å². The fourth-order valence-electron chi connectivity index (χ4n) is 2.26. The van der Waals surface area contributed by atoms with Gasteiger partial charge in [0.2, 0.25) is 0 Å². The molecule has 1 aromatic heterocycles. The first-order valence-electron chi connectivity index (χ1n) is 8.77. The molecule has 152 valence electrons. The summed E-state index contributed by atoms with van der Waals surface area (Å²) in [5, 5.41) is 5.42. The smallest absolute Gasteiger partial charge is 0.350 e. The predicted molar refractivity (Wildman–Crippen MR) is 110 cm³/mol. The number of carbonyl (C=O) groups excluding carboxylic acids is 4. The maximum absolute atomic E-state index is 12.2. The topological polar surface area (TPSA) is 114 Å². The van der Waals surface area contributed by atoms with Crippen LogP contribution in [0.15, 0.2) is 35.9 Å². The molecule has 0 aliphatic carbocycles. The number of thiazole rings is 1. The molecular formula is C20H21N3O5S. The van der Waals surface area contributed by atoms with Gasteiger partial charge in [-0.15, -0.1) is 0 Å². The molecular weight excluding hydrogens is 394 g/mol. The van der Waals surface area contributed by atoms with E-state index in [2.05, 4.69) is 15.6 Å². The van der Waals surface area contributed by atoms with Crippen molar-refractivity contribution in [2.24, 2.45) is 0 Å². The average Bonchev–Trinajstić information content (AvgIpc) is 3.02. The molecule has 0 fully saturated rings. The summed E-state index contributed by atoms with van der Waals surface area (Å²) in [6, 6.07) is 6.43. The van der Waals surface area contributed by atoms with E-state index in [1.165, 1.54) is 13.8 Å². The number of aryl methyl sites for hydroxylation is 1. The monoisotopic (exact) mass is 415 g/mol. The molecule has 0 saturated carbocycles. The van der Waals surface area contributed by atoms with Crippen molar-refractivity contribution in [1.29, 1.82) is 0 Å². The van der Waals surface area contributed by atoms with Gasteiger partial charge in [0.05, 0.1) is 12.3 Å². The Bertz CT molecular complexity index is 977. The van der Waals surface area contributed by atoms with E-state index in [9.17, 15) is 19.2 Å². The van der Waals surface area contributed by atoms with E-state index in [1.807, 2.05) is 0 Å². The van der Waals surface area contributed by atoms with E-state index >= 15 is 0 Å². The SMILES string of the molecule is CCOC(=O)c1sc(NC(=O)/C=C(/C)C(=O)Nc2ccc(C(C)=O)cc2)nc1C. The Morgan fingerprint density at radius 2 is 1.76 bits per heavy atom. The van der Waals surface area contributed by atoms with Gasteiger partial charge in [-0.05, 0) is 52.0 Å². The second-order valence-corrected chi connectivity index (χ2v) is 7.06. The zero-order valence-corrected chi connectivity index (χ0v) is 17.3. The summed E-state index contributed by atoms with van der Waals surface area (Å²) in [5.74, 6) is -1.57. The van der Waals surface area contributed by atoms with Gasteiger partial charge in [-0.2, -0.15) is 0 Å². The molecule has 2 aromatic rings. The summed E-state index contributed by atoms with van der Waals surface area (Å²) >= 11 is 1.00. The number of ether oxygens (including phenoxy) is 1. The highest BCUT2D eigenvalue weighted by Gasteiger charge is 2.17. The molecule has 29 heavy (non-hydrogen) atoms. The van der Waals surface area contributed by atoms with Crippen molar-refractivity contribution in [3.05, 3.63) is 52.0 Å². The first-order chi connectivity index (χ1) is 13.7. The third-order valence-corrected chi connectivity index (χ3v) is 4.80. The van der Waals surface area contributed by atoms with E-state index in [4.69, 9.17) is 4.74 Å². The highest BCUT2D eigenvalue weighted by molar-refractivity contribution is 7.17. The lowest BCUT2D eigenvalue weighted by atomic mass is 10.1. The molecule has 0 saturated heterocycles. The van der Waals surface area contributed by atoms with Gasteiger partial charge in [0.25, 0.3) is 11.8 Å². The molecule has 0 atom stereocenters. The number of aromatic nitrogens is 1. The van der Waals surface area contributed by atoms with Crippen LogP contribution in [0.25, 0.3) is 0 Å². The van der Waals surface area contributed by atoms with Crippen molar-refractivity contribution in [2.75, 3.05) is 17.2 Å². The number of rotatable bonds is 7. The van der Waals surface area contributed by atoms with Gasteiger partial charge < -0.3 is 10.1 Å². The van der Waals surface area contributed by atoms with Crippen molar-refractivity contribution in [2.45, 2.75) is 27.7 Å². The predicted octanol–water partition coefficient (Wildman–Crippen LogP) is 3.35.